The number of nitro benzene ring substituents is 2. The van der Waals surface area contributed by atoms with Crippen LogP contribution < -0.4 is 60.7 Å². The Morgan fingerprint density at radius 3 is 0.992 bits per heavy atom. The van der Waals surface area contributed by atoms with Gasteiger partial charge in [0.25, 0.3) is 29.5 Å². The lowest BCUT2D eigenvalue weighted by Crippen LogP contribution is -2.39. The number of carbonyl (C=O) groups excluding carboxylic acids is 7. The van der Waals surface area contributed by atoms with Gasteiger partial charge in [0.1, 0.15) is 49.4 Å². The highest BCUT2D eigenvalue weighted by Gasteiger charge is 2.31. The molecule has 0 aliphatic heterocycles. The number of carboxylic acid groups (broad SMARTS) is 1. The molecule has 0 heterocycles. The Bertz CT molecular complexity index is 4550. The number of nitrogens with two attached hydrogens (primary N) is 1. The summed E-state index contributed by atoms with van der Waals surface area (Å²) in [6.45, 7) is 36.1. The number of nitro groups is 2. The molecule has 0 unspecified atom stereocenters. The summed E-state index contributed by atoms with van der Waals surface area (Å²) >= 11 is 0. The van der Waals surface area contributed by atoms with Gasteiger partial charge < -0.3 is 84.8 Å². The molecular weight excluding hydrogens is 1560 g/mol. The summed E-state index contributed by atoms with van der Waals surface area (Å²) in [6.07, 6.45) is 9.23. The van der Waals surface area contributed by atoms with Crippen molar-refractivity contribution in [2.45, 2.75) is 172 Å². The summed E-state index contributed by atoms with van der Waals surface area (Å²) in [7, 11) is 0. The monoisotopic (exact) mass is 1680 g/mol. The number of nitrogens with one attached hydrogen (secondary N) is 5. The number of aromatic carboxylic acids is 1. The van der Waals surface area contributed by atoms with E-state index in [4.69, 9.17) is 53.1 Å². The smallest absolute Gasteiger partial charge is 0.335 e. The summed E-state index contributed by atoms with van der Waals surface area (Å²) in [5, 5.41) is 47.0. The van der Waals surface area contributed by atoms with Gasteiger partial charge in [0.2, 0.25) is 0 Å². The predicted octanol–water partition coefficient (Wildman–Crippen LogP) is 16.7. The molecule has 0 saturated heterocycles. The average Bonchev–Trinajstić information content (AvgIpc) is 0.818. The molecule has 8 N–H and O–H groups in total. The largest absolute Gasteiger partial charge is 0.491 e. The second kappa shape index (κ2) is 47.7. The van der Waals surface area contributed by atoms with Crippen molar-refractivity contribution >= 4 is 81.6 Å². The number of amides is 5. The minimum atomic E-state index is -1.13. The molecule has 6 aromatic rings. The number of hydrogen-bond acceptors (Lipinski definition) is 23. The highest BCUT2D eigenvalue weighted by molar-refractivity contribution is 6.10. The summed E-state index contributed by atoms with van der Waals surface area (Å²) in [4.78, 5) is 125. The predicted molar refractivity (Wildman–Crippen MR) is 460 cm³/mol. The van der Waals surface area contributed by atoms with Crippen molar-refractivity contribution in [1.82, 2.24) is 5.32 Å². The molecule has 0 radical (unpaired) electrons. The molecule has 8 rings (SSSR count). The molecule has 656 valence electrons. The number of ether oxygens (including phenoxy) is 10. The third-order valence-corrected chi connectivity index (χ3v) is 18.0. The Hall–Kier alpha value is -12.0. The first-order chi connectivity index (χ1) is 57.2. The lowest BCUT2D eigenvalue weighted by molar-refractivity contribution is -0.386. The van der Waals surface area contributed by atoms with Gasteiger partial charge >= 0.3 is 29.3 Å². The van der Waals surface area contributed by atoms with Crippen LogP contribution >= 0.6 is 0 Å². The Labute approximate surface area is 707 Å². The van der Waals surface area contributed by atoms with Crippen molar-refractivity contribution < 1.29 is 101 Å². The van der Waals surface area contributed by atoms with E-state index in [0.29, 0.717) is 62.5 Å². The van der Waals surface area contributed by atoms with Crippen molar-refractivity contribution in [3.63, 3.8) is 0 Å². The van der Waals surface area contributed by atoms with Crippen molar-refractivity contribution in [3.8, 4) is 34.5 Å². The van der Waals surface area contributed by atoms with Crippen LogP contribution in [0.1, 0.15) is 210 Å². The van der Waals surface area contributed by atoms with Crippen LogP contribution in [0.4, 0.5) is 34.1 Å². The molecule has 2 saturated carbocycles. The quantitative estimate of drug-likeness (QED) is 0.00619. The fraction of sp³-hybridized carbons (Fsp3) is 0.467. The molecule has 2 aliphatic rings. The molecule has 2 aliphatic carbocycles. The lowest BCUT2D eigenvalue weighted by atomic mass is 9.86. The van der Waals surface area contributed by atoms with E-state index in [2.05, 4.69) is 39.7 Å². The van der Waals surface area contributed by atoms with Crippen LogP contribution in [-0.4, -0.2) is 152 Å². The van der Waals surface area contributed by atoms with Crippen LogP contribution in [0.3, 0.4) is 0 Å². The zero-order chi connectivity index (χ0) is 89.3. The molecule has 0 atom stereocenters. The van der Waals surface area contributed by atoms with Crippen LogP contribution in [0.5, 0.6) is 34.5 Å². The minimum absolute atomic E-state index is 0.0116. The van der Waals surface area contributed by atoms with Gasteiger partial charge in [0.15, 0.2) is 11.5 Å². The fourth-order valence-corrected chi connectivity index (χ4v) is 11.8. The summed E-state index contributed by atoms with van der Waals surface area (Å²) in [5.74, 6) is -2.73. The van der Waals surface area contributed by atoms with E-state index in [1.54, 1.807) is 24.3 Å². The SMILES string of the molecule is C=CCOC(=O)C1CCC(N)CC1.C=CCOC(=O)C1CCC(NC(=O)c2ccc(NC(=O)c3ccc(NC(=O)c4ccc([N+](=O)[O-])c(OCCOC(C)(C)C)c4)c(OCC(C)C)c3)c(OCC(C)C)c2)CC1.CC(C)COc1cc(C(=O)O)ccc1NC(=O)c1ccc(NC(=O)c2ccc([N+](=O)[O-])c(OCCOC(C)(C)C)c2)c(OCC(C)C)c1. The Morgan fingerprint density at radius 2 is 0.702 bits per heavy atom. The van der Waals surface area contributed by atoms with Gasteiger partial charge in [-0.3, -0.25) is 53.8 Å². The van der Waals surface area contributed by atoms with E-state index in [1.807, 2.05) is 96.9 Å². The second-order valence-electron chi connectivity index (χ2n) is 32.8. The van der Waals surface area contributed by atoms with E-state index in [9.17, 15) is 63.7 Å². The number of esters is 2. The number of nitrogens with zero attached hydrogens (tertiary/aromatic N) is 2. The second-order valence-corrected chi connectivity index (χ2v) is 32.8. The highest BCUT2D eigenvalue weighted by atomic mass is 16.6. The van der Waals surface area contributed by atoms with E-state index in [0.717, 1.165) is 25.7 Å². The van der Waals surface area contributed by atoms with Crippen molar-refractivity contribution in [2.75, 3.05) is 87.3 Å². The lowest BCUT2D eigenvalue weighted by Gasteiger charge is -2.28. The van der Waals surface area contributed by atoms with Crippen LogP contribution in [0, 0.1) is 55.7 Å². The minimum Gasteiger partial charge on any atom is -0.491 e. The maximum atomic E-state index is 13.7. The average molecular weight is 1680 g/mol. The third kappa shape index (κ3) is 33.6. The van der Waals surface area contributed by atoms with Crippen LogP contribution in [0.2, 0.25) is 0 Å². The number of rotatable bonds is 39. The molecular formula is C90H118N8O23. The van der Waals surface area contributed by atoms with Crippen molar-refractivity contribution in [3.05, 3.63) is 188 Å². The zero-order valence-electron chi connectivity index (χ0n) is 71.7. The van der Waals surface area contributed by atoms with Crippen molar-refractivity contribution in [2.24, 2.45) is 41.2 Å². The number of anilines is 4. The summed E-state index contributed by atoms with van der Waals surface area (Å²) < 4.78 is 56.6. The van der Waals surface area contributed by atoms with Crippen LogP contribution in [-0.2, 0) is 28.5 Å². The van der Waals surface area contributed by atoms with E-state index in [1.165, 1.54) is 97.1 Å². The molecule has 121 heavy (non-hydrogen) atoms. The topological polar surface area (TPSA) is 422 Å². The zero-order valence-corrected chi connectivity index (χ0v) is 71.7. The van der Waals surface area contributed by atoms with Gasteiger partial charge in [-0.1, -0.05) is 80.7 Å². The third-order valence-electron chi connectivity index (χ3n) is 18.0. The van der Waals surface area contributed by atoms with E-state index in [-0.39, 0.29) is 197 Å². The normalized spacial score (nSPS) is 15.0. The molecule has 0 aromatic heterocycles. The number of benzene rings is 6. The first-order valence-corrected chi connectivity index (χ1v) is 40.5. The molecule has 0 bridgehead atoms. The number of carboxylic acids is 1. The van der Waals surface area contributed by atoms with Gasteiger partial charge in [-0.2, -0.15) is 0 Å². The first kappa shape index (κ1) is 97.9. The summed E-state index contributed by atoms with van der Waals surface area (Å²) in [5.41, 5.74) is 6.45. The number of hydrogen-bond donors (Lipinski definition) is 7. The molecule has 31 nitrogen and oxygen atoms in total. The van der Waals surface area contributed by atoms with Crippen molar-refractivity contribution in [1.29, 1.82) is 0 Å². The van der Waals surface area contributed by atoms with Gasteiger partial charge in [0, 0.05) is 64.2 Å². The summed E-state index contributed by atoms with van der Waals surface area (Å²) in [6, 6.07) is 25.8. The Morgan fingerprint density at radius 1 is 0.421 bits per heavy atom. The van der Waals surface area contributed by atoms with Crippen LogP contribution in [0.25, 0.3) is 0 Å². The van der Waals surface area contributed by atoms with Gasteiger partial charge in [-0.05, 0) is 202 Å². The molecule has 6 aromatic carbocycles. The maximum Gasteiger partial charge on any atom is 0.335 e. The maximum absolute atomic E-state index is 13.7. The Kier molecular flexibility index (Phi) is 38.6. The standard InChI is InChI=1S/C45H58N4O11.C35H43N3O10.C10H17NO2/c1-9-20-57-44(53)30-10-15-34(16-11-30)46-41(50)31-12-17-35(38(23-31)58-26-28(2)3)47-42(51)32-13-18-36(39(24-32)59-27-29(4)5)48-43(52)33-14-19-37(49(54)55)40(25-33)56-21-22-60-45(6,7)8;1-21(2)19-46-29-16-23(32(39)37-27-12-9-25(34(41)42)18-30(27)47-20-22(3)4)8-11-26(29)36-33(40)24-10-13-28(38(43)44)31(17-24)45-14-15-48-35(5,6)7;1-2-7-13-10(12)8-3-5-9(11)6-4-8/h9,12-14,17-19,23-25,28-30,34H,1,10-11,15-16,20-22,26-27H2,2-8H3,(H,46,50)(H,47,51)(H,48,52);8-13,16-18,21-22H,14-15,19-20H2,1-7H3,(H,36,40)(H,37,39)(H,41,42);2,8-9H,1,3-7,11H2. The molecule has 0 spiro atoms. The van der Waals surface area contributed by atoms with Crippen LogP contribution in [0.15, 0.2) is 135 Å². The highest BCUT2D eigenvalue weighted by Crippen LogP contribution is 2.37. The van der Waals surface area contributed by atoms with E-state index >= 15 is 0 Å². The van der Waals surface area contributed by atoms with Gasteiger partial charge in [0.05, 0.1) is 101 Å². The molecule has 5 amide bonds. The molecule has 31 heteroatoms. The van der Waals surface area contributed by atoms with Gasteiger partial charge in [-0.25, -0.2) is 4.79 Å². The first-order valence-electron chi connectivity index (χ1n) is 40.5. The molecule has 2 fully saturated rings. The fourth-order valence-electron chi connectivity index (χ4n) is 11.8. The van der Waals surface area contributed by atoms with Gasteiger partial charge in [-0.15, -0.1) is 0 Å². The Balaban J connectivity index is 0.000000331. The number of carbonyl (C=O) groups is 8. The van der Waals surface area contributed by atoms with E-state index < -0.39 is 50.6 Å².